The molecule has 0 bridgehead atoms. The number of hydrogen-bond acceptors (Lipinski definition) is 3. The van der Waals surface area contributed by atoms with Crippen LogP contribution in [0.25, 0.3) is 0 Å². The summed E-state index contributed by atoms with van der Waals surface area (Å²) < 4.78 is 5.25. The zero-order valence-corrected chi connectivity index (χ0v) is 8.72. The summed E-state index contributed by atoms with van der Waals surface area (Å²) in [6, 6.07) is 0. The molecule has 0 spiro atoms. The Hall–Kier alpha value is -0.570. The quantitative estimate of drug-likeness (QED) is 0.674. The second kappa shape index (κ2) is 4.09. The zero-order chi connectivity index (χ0) is 9.90. The van der Waals surface area contributed by atoms with Crippen LogP contribution in [0.2, 0.25) is 0 Å². The largest absolute Gasteiger partial charge is 0.463 e. The fourth-order valence-corrected chi connectivity index (χ4v) is 1.70. The first kappa shape index (κ1) is 10.5. The minimum atomic E-state index is -0.246. The van der Waals surface area contributed by atoms with Gasteiger partial charge >= 0.3 is 5.97 Å². The van der Waals surface area contributed by atoms with Crippen LogP contribution < -0.4 is 5.32 Å². The van der Waals surface area contributed by atoms with Gasteiger partial charge in [0.15, 0.2) is 0 Å². The van der Waals surface area contributed by atoms with Gasteiger partial charge in [-0.1, -0.05) is 6.92 Å². The summed E-state index contributed by atoms with van der Waals surface area (Å²) in [4.78, 5) is 11.7. The molecule has 1 heterocycles. The molecule has 76 valence electrons. The van der Waals surface area contributed by atoms with E-state index in [1.54, 1.807) is 0 Å². The Balaban J connectivity index is 2.60. The van der Waals surface area contributed by atoms with Crippen molar-refractivity contribution in [3.8, 4) is 0 Å². The highest BCUT2D eigenvalue weighted by atomic mass is 16.5. The second-order valence-electron chi connectivity index (χ2n) is 4.01. The molecule has 1 N–H and O–H groups in total. The number of nitrogens with one attached hydrogen (secondary N) is 1. The minimum absolute atomic E-state index is 0.00322. The Morgan fingerprint density at radius 2 is 2.31 bits per heavy atom. The lowest BCUT2D eigenvalue weighted by Crippen LogP contribution is -2.35. The Morgan fingerprint density at radius 1 is 1.62 bits per heavy atom. The third-order valence-corrected chi connectivity index (χ3v) is 2.70. The van der Waals surface area contributed by atoms with Crippen molar-refractivity contribution in [1.29, 1.82) is 0 Å². The summed E-state index contributed by atoms with van der Waals surface area (Å²) in [5.74, 6) is -0.0324. The molecule has 1 atom stereocenters. The first-order chi connectivity index (χ1) is 6.10. The molecule has 1 fully saturated rings. The molecule has 1 aliphatic heterocycles. The summed E-state index contributed by atoms with van der Waals surface area (Å²) in [5.41, 5.74) is -0.246. The monoisotopic (exact) mass is 185 g/mol. The van der Waals surface area contributed by atoms with Gasteiger partial charge in [-0.15, -0.1) is 0 Å². The van der Waals surface area contributed by atoms with Crippen LogP contribution in [-0.4, -0.2) is 25.2 Å². The van der Waals surface area contributed by atoms with Crippen molar-refractivity contribution in [2.45, 2.75) is 39.7 Å². The molecule has 3 heteroatoms. The van der Waals surface area contributed by atoms with Gasteiger partial charge in [0.25, 0.3) is 0 Å². The predicted molar refractivity (Wildman–Crippen MR) is 51.4 cm³/mol. The van der Waals surface area contributed by atoms with E-state index in [1.807, 2.05) is 13.8 Å². The van der Waals surface area contributed by atoms with Crippen LogP contribution in [0, 0.1) is 5.41 Å². The Kier molecular flexibility index (Phi) is 3.31. The number of ether oxygens (including phenoxy) is 1. The van der Waals surface area contributed by atoms with E-state index in [0.717, 1.165) is 25.9 Å². The molecular weight excluding hydrogens is 166 g/mol. The molecule has 0 aromatic heterocycles. The highest BCUT2D eigenvalue weighted by molar-refractivity contribution is 5.77. The van der Waals surface area contributed by atoms with Crippen LogP contribution in [0.5, 0.6) is 0 Å². The van der Waals surface area contributed by atoms with Gasteiger partial charge in [0.2, 0.25) is 0 Å². The van der Waals surface area contributed by atoms with Crippen molar-refractivity contribution >= 4 is 5.97 Å². The van der Waals surface area contributed by atoms with Gasteiger partial charge in [0, 0.05) is 6.54 Å². The van der Waals surface area contributed by atoms with E-state index in [9.17, 15) is 4.79 Å². The highest BCUT2D eigenvalue weighted by Crippen LogP contribution is 2.31. The minimum Gasteiger partial charge on any atom is -0.463 e. The summed E-state index contributed by atoms with van der Waals surface area (Å²) in [5, 5.41) is 3.22. The van der Waals surface area contributed by atoms with Crippen LogP contribution in [0.1, 0.15) is 33.6 Å². The number of carbonyl (C=O) groups is 1. The lowest BCUT2D eigenvalue weighted by atomic mass is 9.84. The lowest BCUT2D eigenvalue weighted by Gasteiger charge is -2.25. The van der Waals surface area contributed by atoms with Crippen molar-refractivity contribution in [2.75, 3.05) is 13.1 Å². The molecule has 1 aliphatic rings. The predicted octanol–water partition coefficient (Wildman–Crippen LogP) is 1.33. The number of rotatable bonds is 3. The van der Waals surface area contributed by atoms with Crippen LogP contribution >= 0.6 is 0 Å². The average molecular weight is 185 g/mol. The van der Waals surface area contributed by atoms with Gasteiger partial charge in [0.1, 0.15) is 0 Å². The Bertz CT molecular complexity index is 183. The van der Waals surface area contributed by atoms with Crippen molar-refractivity contribution in [2.24, 2.45) is 5.41 Å². The maximum absolute atomic E-state index is 11.7. The van der Waals surface area contributed by atoms with Crippen molar-refractivity contribution < 1.29 is 9.53 Å². The molecule has 1 unspecified atom stereocenters. The van der Waals surface area contributed by atoms with E-state index in [1.165, 1.54) is 0 Å². The molecule has 13 heavy (non-hydrogen) atoms. The molecule has 0 saturated carbocycles. The molecule has 1 rings (SSSR count). The molecule has 0 aromatic carbocycles. The van der Waals surface area contributed by atoms with Crippen LogP contribution in [0.15, 0.2) is 0 Å². The topological polar surface area (TPSA) is 38.3 Å². The smallest absolute Gasteiger partial charge is 0.313 e. The lowest BCUT2D eigenvalue weighted by molar-refractivity contribution is -0.159. The third kappa shape index (κ3) is 2.21. The van der Waals surface area contributed by atoms with Gasteiger partial charge in [-0.2, -0.15) is 0 Å². The fourth-order valence-electron chi connectivity index (χ4n) is 1.70. The van der Waals surface area contributed by atoms with Gasteiger partial charge in [0.05, 0.1) is 11.5 Å². The summed E-state index contributed by atoms with van der Waals surface area (Å²) >= 11 is 0. The van der Waals surface area contributed by atoms with E-state index in [0.29, 0.717) is 0 Å². The molecule has 0 aromatic rings. The third-order valence-electron chi connectivity index (χ3n) is 2.70. The number of carbonyl (C=O) groups excluding carboxylic acids is 1. The summed E-state index contributed by atoms with van der Waals surface area (Å²) in [7, 11) is 0. The van der Waals surface area contributed by atoms with Gasteiger partial charge in [-0.3, -0.25) is 4.79 Å². The molecule has 0 radical (unpaired) electrons. The van der Waals surface area contributed by atoms with Gasteiger partial charge < -0.3 is 10.1 Å². The maximum Gasteiger partial charge on any atom is 0.313 e. The first-order valence-electron chi connectivity index (χ1n) is 5.02. The second-order valence-corrected chi connectivity index (χ2v) is 4.01. The molecule has 1 saturated heterocycles. The Morgan fingerprint density at radius 3 is 2.69 bits per heavy atom. The SMILES string of the molecule is CCC1(C(=O)OC(C)C)CCNC1. The van der Waals surface area contributed by atoms with Gasteiger partial charge in [-0.05, 0) is 33.2 Å². The maximum atomic E-state index is 11.7. The standard InChI is InChI=1S/C10H19NO2/c1-4-10(5-6-11-7-10)9(12)13-8(2)3/h8,11H,4-7H2,1-3H3. The average Bonchev–Trinajstić information content (AvgIpc) is 2.51. The molecule has 0 aliphatic carbocycles. The normalized spacial score (nSPS) is 28.0. The first-order valence-corrected chi connectivity index (χ1v) is 5.02. The van der Waals surface area contributed by atoms with Gasteiger partial charge in [-0.25, -0.2) is 0 Å². The zero-order valence-electron chi connectivity index (χ0n) is 8.72. The summed E-state index contributed by atoms with van der Waals surface area (Å²) in [6.07, 6.45) is 1.78. The van der Waals surface area contributed by atoms with Crippen molar-refractivity contribution in [3.63, 3.8) is 0 Å². The molecular formula is C10H19NO2. The van der Waals surface area contributed by atoms with E-state index in [4.69, 9.17) is 4.74 Å². The van der Waals surface area contributed by atoms with Crippen LogP contribution in [0.4, 0.5) is 0 Å². The van der Waals surface area contributed by atoms with Crippen LogP contribution in [0.3, 0.4) is 0 Å². The highest BCUT2D eigenvalue weighted by Gasteiger charge is 2.41. The van der Waals surface area contributed by atoms with Crippen LogP contribution in [-0.2, 0) is 9.53 Å². The number of esters is 1. The Labute approximate surface area is 79.8 Å². The van der Waals surface area contributed by atoms with E-state index in [-0.39, 0.29) is 17.5 Å². The van der Waals surface area contributed by atoms with Crippen molar-refractivity contribution in [3.05, 3.63) is 0 Å². The summed E-state index contributed by atoms with van der Waals surface area (Å²) in [6.45, 7) is 7.54. The van der Waals surface area contributed by atoms with E-state index in [2.05, 4.69) is 12.2 Å². The molecule has 3 nitrogen and oxygen atoms in total. The fraction of sp³-hybridized carbons (Fsp3) is 0.900. The number of hydrogen-bond donors (Lipinski definition) is 1. The van der Waals surface area contributed by atoms with E-state index >= 15 is 0 Å². The van der Waals surface area contributed by atoms with Crippen molar-refractivity contribution in [1.82, 2.24) is 5.32 Å². The van der Waals surface area contributed by atoms with E-state index < -0.39 is 0 Å². The molecule has 0 amide bonds.